The molecule has 1 fully saturated rings. The molecule has 3 N–H and O–H groups in total. The highest BCUT2D eigenvalue weighted by Crippen LogP contribution is 2.18. The summed E-state index contributed by atoms with van der Waals surface area (Å²) in [6.45, 7) is 3.26. The topological polar surface area (TPSA) is 64.4 Å². The van der Waals surface area contributed by atoms with Crippen molar-refractivity contribution in [1.29, 1.82) is 0 Å². The molecule has 76 valence electrons. The predicted octanol–water partition coefficient (Wildman–Crippen LogP) is 0.0189. The van der Waals surface area contributed by atoms with Crippen LogP contribution < -0.4 is 11.1 Å². The average Bonchev–Trinajstić information content (AvgIpc) is 2.52. The molecule has 13 heavy (non-hydrogen) atoms. The molecule has 0 aromatic heterocycles. The second-order valence-electron chi connectivity index (χ2n) is 3.45. The third-order valence-electron chi connectivity index (χ3n) is 2.20. The normalized spacial score (nSPS) is 27.5. The first-order chi connectivity index (χ1) is 6.24. The number of ether oxygens (including phenoxy) is 1. The Balaban J connectivity index is 2.16. The van der Waals surface area contributed by atoms with E-state index in [-0.39, 0.29) is 18.1 Å². The van der Waals surface area contributed by atoms with E-state index in [0.29, 0.717) is 13.1 Å². The van der Waals surface area contributed by atoms with E-state index in [1.54, 1.807) is 0 Å². The lowest BCUT2D eigenvalue weighted by atomic mass is 10.2. The van der Waals surface area contributed by atoms with E-state index in [1.165, 1.54) is 0 Å². The van der Waals surface area contributed by atoms with Gasteiger partial charge in [0.2, 0.25) is 5.91 Å². The minimum atomic E-state index is -0.229. The average molecular weight is 186 g/mol. The van der Waals surface area contributed by atoms with E-state index < -0.39 is 0 Å². The highest BCUT2D eigenvalue weighted by atomic mass is 16.5. The van der Waals surface area contributed by atoms with Crippen LogP contribution in [0, 0.1) is 0 Å². The zero-order valence-corrected chi connectivity index (χ0v) is 8.08. The number of hydrogen-bond donors (Lipinski definition) is 2. The minimum absolute atomic E-state index is 0.0119. The summed E-state index contributed by atoms with van der Waals surface area (Å²) in [6.07, 6.45) is 2.65. The van der Waals surface area contributed by atoms with Crippen LogP contribution in [-0.4, -0.2) is 31.2 Å². The Morgan fingerprint density at radius 3 is 2.92 bits per heavy atom. The van der Waals surface area contributed by atoms with Crippen molar-refractivity contribution in [3.05, 3.63) is 0 Å². The first kappa shape index (κ1) is 10.5. The fraction of sp³-hybridized carbons (Fsp3) is 0.889. The maximum Gasteiger partial charge on any atom is 0.249 e. The second kappa shape index (κ2) is 5.19. The van der Waals surface area contributed by atoms with Crippen LogP contribution in [0.1, 0.15) is 26.2 Å². The van der Waals surface area contributed by atoms with Crippen molar-refractivity contribution < 1.29 is 9.53 Å². The van der Waals surface area contributed by atoms with Gasteiger partial charge in [-0.3, -0.25) is 4.79 Å². The van der Waals surface area contributed by atoms with Gasteiger partial charge < -0.3 is 15.8 Å². The van der Waals surface area contributed by atoms with Gasteiger partial charge in [0.1, 0.15) is 6.10 Å². The van der Waals surface area contributed by atoms with Gasteiger partial charge in [-0.2, -0.15) is 0 Å². The van der Waals surface area contributed by atoms with Gasteiger partial charge in [-0.15, -0.1) is 0 Å². The molecule has 0 saturated carbocycles. The standard InChI is InChI=1S/C9H18N2O2/c1-7-3-4-8(13-7)9(12)11-6-2-5-10/h7-8H,2-6,10H2,1H3,(H,11,12). The zero-order valence-electron chi connectivity index (χ0n) is 8.08. The van der Waals surface area contributed by atoms with Gasteiger partial charge in [0.15, 0.2) is 0 Å². The van der Waals surface area contributed by atoms with Crippen molar-refractivity contribution in [3.63, 3.8) is 0 Å². The Kier molecular flexibility index (Phi) is 4.18. The second-order valence-corrected chi connectivity index (χ2v) is 3.45. The minimum Gasteiger partial charge on any atom is -0.365 e. The van der Waals surface area contributed by atoms with Crippen LogP contribution in [0.3, 0.4) is 0 Å². The largest absolute Gasteiger partial charge is 0.365 e. The number of rotatable bonds is 4. The number of carbonyl (C=O) groups excluding carboxylic acids is 1. The number of nitrogens with one attached hydrogen (secondary N) is 1. The molecule has 2 unspecified atom stereocenters. The summed E-state index contributed by atoms with van der Waals surface area (Å²) in [7, 11) is 0. The van der Waals surface area contributed by atoms with Crippen LogP contribution in [0.15, 0.2) is 0 Å². The maximum atomic E-state index is 11.4. The fourth-order valence-corrected chi connectivity index (χ4v) is 1.42. The van der Waals surface area contributed by atoms with Crippen LogP contribution in [0.2, 0.25) is 0 Å². The molecule has 1 heterocycles. The summed E-state index contributed by atoms with van der Waals surface area (Å²) < 4.78 is 5.41. The number of carbonyl (C=O) groups is 1. The number of nitrogens with two attached hydrogens (primary N) is 1. The molecule has 1 rings (SSSR count). The molecular formula is C9H18N2O2. The van der Waals surface area contributed by atoms with Crippen molar-refractivity contribution in [2.75, 3.05) is 13.1 Å². The highest BCUT2D eigenvalue weighted by Gasteiger charge is 2.27. The first-order valence-electron chi connectivity index (χ1n) is 4.87. The van der Waals surface area contributed by atoms with Crippen molar-refractivity contribution >= 4 is 5.91 Å². The molecular weight excluding hydrogens is 168 g/mol. The number of amides is 1. The third-order valence-corrected chi connectivity index (χ3v) is 2.20. The molecule has 0 aromatic rings. The summed E-state index contributed by atoms with van der Waals surface area (Å²) in [5.74, 6) is 0.0119. The van der Waals surface area contributed by atoms with Gasteiger partial charge in [-0.05, 0) is 32.7 Å². The van der Waals surface area contributed by atoms with Gasteiger partial charge in [0.05, 0.1) is 6.10 Å². The smallest absolute Gasteiger partial charge is 0.249 e. The molecule has 0 aromatic carbocycles. The molecule has 1 aliphatic heterocycles. The van der Waals surface area contributed by atoms with Gasteiger partial charge in [0.25, 0.3) is 0 Å². The van der Waals surface area contributed by atoms with Crippen LogP contribution in [0.25, 0.3) is 0 Å². The molecule has 0 aliphatic carbocycles. The summed E-state index contributed by atoms with van der Waals surface area (Å²) in [6, 6.07) is 0. The van der Waals surface area contributed by atoms with Crippen LogP contribution >= 0.6 is 0 Å². The van der Waals surface area contributed by atoms with E-state index >= 15 is 0 Å². The van der Waals surface area contributed by atoms with Crippen molar-refractivity contribution in [1.82, 2.24) is 5.32 Å². The Hall–Kier alpha value is -0.610. The lowest BCUT2D eigenvalue weighted by molar-refractivity contribution is -0.131. The Morgan fingerprint density at radius 2 is 2.38 bits per heavy atom. The molecule has 4 heteroatoms. The fourth-order valence-electron chi connectivity index (χ4n) is 1.42. The van der Waals surface area contributed by atoms with Gasteiger partial charge in [-0.1, -0.05) is 0 Å². The SMILES string of the molecule is CC1CCC(C(=O)NCCCN)O1. The summed E-state index contributed by atoms with van der Waals surface area (Å²) in [5.41, 5.74) is 5.31. The van der Waals surface area contributed by atoms with Crippen molar-refractivity contribution in [2.24, 2.45) is 5.73 Å². The van der Waals surface area contributed by atoms with Gasteiger partial charge in [-0.25, -0.2) is 0 Å². The lowest BCUT2D eigenvalue weighted by Crippen LogP contribution is -2.35. The molecule has 1 saturated heterocycles. The first-order valence-corrected chi connectivity index (χ1v) is 4.87. The Labute approximate surface area is 78.8 Å². The van der Waals surface area contributed by atoms with Crippen LogP contribution in [-0.2, 0) is 9.53 Å². The van der Waals surface area contributed by atoms with Gasteiger partial charge in [0, 0.05) is 6.54 Å². The van der Waals surface area contributed by atoms with E-state index in [2.05, 4.69) is 5.32 Å². The predicted molar refractivity (Wildman–Crippen MR) is 50.3 cm³/mol. The summed E-state index contributed by atoms with van der Waals surface area (Å²) in [5, 5.41) is 2.80. The third kappa shape index (κ3) is 3.32. The van der Waals surface area contributed by atoms with Gasteiger partial charge >= 0.3 is 0 Å². The van der Waals surface area contributed by atoms with E-state index in [9.17, 15) is 4.79 Å². The van der Waals surface area contributed by atoms with E-state index in [1.807, 2.05) is 6.92 Å². The zero-order chi connectivity index (χ0) is 9.68. The lowest BCUT2D eigenvalue weighted by Gasteiger charge is -2.10. The Bertz CT molecular complexity index is 173. The maximum absolute atomic E-state index is 11.4. The molecule has 1 amide bonds. The molecule has 2 atom stereocenters. The molecule has 1 aliphatic rings. The number of hydrogen-bond acceptors (Lipinski definition) is 3. The van der Waals surface area contributed by atoms with Crippen molar-refractivity contribution in [2.45, 2.75) is 38.4 Å². The summed E-state index contributed by atoms with van der Waals surface area (Å²) in [4.78, 5) is 11.4. The quantitative estimate of drug-likeness (QED) is 0.608. The monoisotopic (exact) mass is 186 g/mol. The highest BCUT2D eigenvalue weighted by molar-refractivity contribution is 5.80. The molecule has 4 nitrogen and oxygen atoms in total. The van der Waals surface area contributed by atoms with E-state index in [0.717, 1.165) is 19.3 Å². The van der Waals surface area contributed by atoms with E-state index in [4.69, 9.17) is 10.5 Å². The molecule has 0 spiro atoms. The molecule has 0 radical (unpaired) electrons. The summed E-state index contributed by atoms with van der Waals surface area (Å²) >= 11 is 0. The van der Waals surface area contributed by atoms with Crippen LogP contribution in [0.5, 0.6) is 0 Å². The van der Waals surface area contributed by atoms with Crippen molar-refractivity contribution in [3.8, 4) is 0 Å². The Morgan fingerprint density at radius 1 is 1.62 bits per heavy atom. The molecule has 0 bridgehead atoms. The van der Waals surface area contributed by atoms with Crippen LogP contribution in [0.4, 0.5) is 0 Å².